The van der Waals surface area contributed by atoms with Crippen LogP contribution in [0.4, 0.5) is 0 Å². The highest BCUT2D eigenvalue weighted by Crippen LogP contribution is 2.32. The van der Waals surface area contributed by atoms with E-state index in [9.17, 15) is 4.79 Å². The first-order chi connectivity index (χ1) is 15.5. The van der Waals surface area contributed by atoms with Crippen molar-refractivity contribution in [3.8, 4) is 22.8 Å². The second kappa shape index (κ2) is 8.97. The number of hydrogen-bond donors (Lipinski definition) is 3. The van der Waals surface area contributed by atoms with E-state index in [1.54, 1.807) is 19.4 Å². The highest BCUT2D eigenvalue weighted by molar-refractivity contribution is 6.01. The van der Waals surface area contributed by atoms with Crippen LogP contribution < -0.4 is 14.9 Å². The molecule has 8 nitrogen and oxygen atoms in total. The van der Waals surface area contributed by atoms with Crippen molar-refractivity contribution in [2.24, 2.45) is 5.10 Å². The van der Waals surface area contributed by atoms with Gasteiger partial charge in [0.2, 0.25) is 0 Å². The smallest absolute Gasteiger partial charge is 0.289 e. The van der Waals surface area contributed by atoms with E-state index < -0.39 is 0 Å². The van der Waals surface area contributed by atoms with Crippen molar-refractivity contribution in [3.05, 3.63) is 65.5 Å². The standard InChI is InChI=1S/C24H25N5O3/c1-14(2)32-22-10-9-16(11-23(22)31-4)20-12-21(28-27-20)24(30)29-25-13-18-15(3)26-19-8-6-5-7-17(18)19/h5-14,26H,1-4H3,(H,27,28)(H,29,30)/b25-13-. The third-order valence-corrected chi connectivity index (χ3v) is 4.95. The number of hydrazone groups is 1. The van der Waals surface area contributed by atoms with Gasteiger partial charge in [0.15, 0.2) is 11.5 Å². The van der Waals surface area contributed by atoms with Gasteiger partial charge < -0.3 is 14.5 Å². The monoisotopic (exact) mass is 431 g/mol. The molecule has 0 aliphatic heterocycles. The predicted molar refractivity (Wildman–Crippen MR) is 124 cm³/mol. The van der Waals surface area contributed by atoms with Gasteiger partial charge in [-0.2, -0.15) is 10.2 Å². The number of aryl methyl sites for hydroxylation is 1. The molecule has 0 radical (unpaired) electrons. The number of rotatable bonds is 7. The number of aromatic amines is 2. The summed E-state index contributed by atoms with van der Waals surface area (Å²) in [5.74, 6) is 0.870. The van der Waals surface area contributed by atoms with Gasteiger partial charge in [-0.15, -0.1) is 0 Å². The summed E-state index contributed by atoms with van der Waals surface area (Å²) >= 11 is 0. The molecule has 2 aromatic heterocycles. The molecule has 0 spiro atoms. The Kier molecular flexibility index (Phi) is 5.93. The Hall–Kier alpha value is -4.07. The normalized spacial score (nSPS) is 11.4. The molecule has 8 heteroatoms. The molecular formula is C24H25N5O3. The molecule has 1 amide bonds. The fourth-order valence-electron chi connectivity index (χ4n) is 3.44. The summed E-state index contributed by atoms with van der Waals surface area (Å²) in [5.41, 5.74) is 7.19. The van der Waals surface area contributed by atoms with Crippen LogP contribution in [0.25, 0.3) is 22.2 Å². The Balaban J connectivity index is 1.48. The van der Waals surface area contributed by atoms with Gasteiger partial charge in [-0.05, 0) is 51.1 Å². The highest BCUT2D eigenvalue weighted by Gasteiger charge is 2.14. The summed E-state index contributed by atoms with van der Waals surface area (Å²) in [5, 5.41) is 12.2. The number of aromatic nitrogens is 3. The summed E-state index contributed by atoms with van der Waals surface area (Å²) < 4.78 is 11.2. The van der Waals surface area contributed by atoms with Gasteiger partial charge in [0.25, 0.3) is 5.91 Å². The third-order valence-electron chi connectivity index (χ3n) is 4.95. The maximum atomic E-state index is 12.5. The summed E-state index contributed by atoms with van der Waals surface area (Å²) in [7, 11) is 1.59. The molecule has 3 N–H and O–H groups in total. The molecule has 4 rings (SSSR count). The molecule has 0 unspecified atom stereocenters. The molecule has 32 heavy (non-hydrogen) atoms. The zero-order valence-corrected chi connectivity index (χ0v) is 18.4. The topological polar surface area (TPSA) is 104 Å². The number of H-pyrrole nitrogens is 2. The fourth-order valence-corrected chi connectivity index (χ4v) is 3.44. The molecule has 2 aromatic carbocycles. The predicted octanol–water partition coefficient (Wildman–Crippen LogP) is 4.43. The number of methoxy groups -OCH3 is 1. The number of nitrogens with one attached hydrogen (secondary N) is 3. The second-order valence-electron chi connectivity index (χ2n) is 7.61. The molecule has 0 saturated carbocycles. The van der Waals surface area contributed by atoms with Crippen molar-refractivity contribution < 1.29 is 14.3 Å². The lowest BCUT2D eigenvalue weighted by molar-refractivity contribution is 0.0950. The van der Waals surface area contributed by atoms with Crippen molar-refractivity contribution in [1.82, 2.24) is 20.6 Å². The zero-order chi connectivity index (χ0) is 22.7. The van der Waals surface area contributed by atoms with Crippen molar-refractivity contribution in [3.63, 3.8) is 0 Å². The van der Waals surface area contributed by atoms with Gasteiger partial charge >= 0.3 is 0 Å². The van der Waals surface area contributed by atoms with Crippen LogP contribution in [-0.4, -0.2) is 40.5 Å². The number of amides is 1. The van der Waals surface area contributed by atoms with Crippen LogP contribution >= 0.6 is 0 Å². The van der Waals surface area contributed by atoms with E-state index in [4.69, 9.17) is 9.47 Å². The van der Waals surface area contributed by atoms with Crippen LogP contribution in [0.5, 0.6) is 11.5 Å². The molecule has 0 fully saturated rings. The van der Waals surface area contributed by atoms with Gasteiger partial charge in [-0.3, -0.25) is 9.89 Å². The van der Waals surface area contributed by atoms with E-state index in [0.717, 1.165) is 27.7 Å². The van der Waals surface area contributed by atoms with Gasteiger partial charge in [-0.1, -0.05) is 18.2 Å². The van der Waals surface area contributed by atoms with Crippen LogP contribution in [-0.2, 0) is 0 Å². The van der Waals surface area contributed by atoms with Crippen LogP contribution in [0.3, 0.4) is 0 Å². The number of ether oxygens (including phenoxy) is 2. The number of carbonyl (C=O) groups is 1. The quantitative estimate of drug-likeness (QED) is 0.297. The average molecular weight is 431 g/mol. The molecule has 4 aromatic rings. The Bertz CT molecular complexity index is 1290. The Labute approximate surface area is 185 Å². The van der Waals surface area contributed by atoms with Crippen molar-refractivity contribution in [2.75, 3.05) is 7.11 Å². The van der Waals surface area contributed by atoms with Crippen molar-refractivity contribution in [2.45, 2.75) is 26.9 Å². The minimum atomic E-state index is -0.385. The van der Waals surface area contributed by atoms with E-state index in [2.05, 4.69) is 25.7 Å². The first-order valence-corrected chi connectivity index (χ1v) is 10.3. The third kappa shape index (κ3) is 4.34. The minimum Gasteiger partial charge on any atom is -0.493 e. The maximum absolute atomic E-state index is 12.5. The number of benzene rings is 2. The van der Waals surface area contributed by atoms with Gasteiger partial charge in [0, 0.05) is 27.7 Å². The highest BCUT2D eigenvalue weighted by atomic mass is 16.5. The number of hydrogen-bond acceptors (Lipinski definition) is 5. The molecule has 0 bridgehead atoms. The van der Waals surface area contributed by atoms with Crippen molar-refractivity contribution >= 4 is 23.0 Å². The largest absolute Gasteiger partial charge is 0.493 e. The number of para-hydroxylation sites is 1. The summed E-state index contributed by atoms with van der Waals surface area (Å²) in [6, 6.07) is 15.1. The number of fused-ring (bicyclic) bond motifs is 1. The van der Waals surface area contributed by atoms with Gasteiger partial charge in [0.05, 0.1) is 25.1 Å². The lowest BCUT2D eigenvalue weighted by atomic mass is 10.1. The van der Waals surface area contributed by atoms with E-state index in [0.29, 0.717) is 22.9 Å². The minimum absolute atomic E-state index is 0.0315. The van der Waals surface area contributed by atoms with E-state index >= 15 is 0 Å². The first-order valence-electron chi connectivity index (χ1n) is 10.3. The van der Waals surface area contributed by atoms with Crippen LogP contribution in [0.2, 0.25) is 0 Å². The summed E-state index contributed by atoms with van der Waals surface area (Å²) in [4.78, 5) is 15.8. The van der Waals surface area contributed by atoms with E-state index in [-0.39, 0.29) is 12.0 Å². The second-order valence-corrected chi connectivity index (χ2v) is 7.61. The van der Waals surface area contributed by atoms with Crippen LogP contribution in [0, 0.1) is 6.92 Å². The number of carbonyl (C=O) groups excluding carboxylic acids is 1. The molecule has 0 aliphatic carbocycles. The van der Waals surface area contributed by atoms with Crippen LogP contribution in [0.15, 0.2) is 53.6 Å². The van der Waals surface area contributed by atoms with Crippen molar-refractivity contribution in [1.29, 1.82) is 0 Å². The molecule has 2 heterocycles. The maximum Gasteiger partial charge on any atom is 0.289 e. The average Bonchev–Trinajstić information content (AvgIpc) is 3.39. The lowest BCUT2D eigenvalue weighted by Crippen LogP contribution is -2.18. The van der Waals surface area contributed by atoms with Gasteiger partial charge in [-0.25, -0.2) is 5.43 Å². The molecular weight excluding hydrogens is 406 g/mol. The zero-order valence-electron chi connectivity index (χ0n) is 18.4. The number of nitrogens with zero attached hydrogens (tertiary/aromatic N) is 2. The SMILES string of the molecule is COc1cc(-c2cc(C(=O)N/N=C\c3c(C)[nH]c4ccccc34)[nH]n2)ccc1OC(C)C. The van der Waals surface area contributed by atoms with E-state index in [1.807, 2.05) is 63.2 Å². The molecule has 0 atom stereocenters. The van der Waals surface area contributed by atoms with E-state index in [1.165, 1.54) is 0 Å². The lowest BCUT2D eigenvalue weighted by Gasteiger charge is -2.14. The summed E-state index contributed by atoms with van der Waals surface area (Å²) in [6.45, 7) is 5.87. The fraction of sp³-hybridized carbons (Fsp3) is 0.208. The Morgan fingerprint density at radius 1 is 1.16 bits per heavy atom. The Morgan fingerprint density at radius 3 is 2.75 bits per heavy atom. The van der Waals surface area contributed by atoms with Gasteiger partial charge in [0.1, 0.15) is 5.69 Å². The Morgan fingerprint density at radius 2 is 1.97 bits per heavy atom. The molecule has 0 saturated heterocycles. The summed E-state index contributed by atoms with van der Waals surface area (Å²) in [6.07, 6.45) is 1.67. The van der Waals surface area contributed by atoms with Crippen LogP contribution in [0.1, 0.15) is 35.6 Å². The molecule has 0 aliphatic rings. The first kappa shape index (κ1) is 21.2. The molecule has 164 valence electrons.